The number of aliphatic hydroxyl groups excluding tert-OH is 4. The third-order valence-electron chi connectivity index (χ3n) is 3.87. The van der Waals surface area contributed by atoms with Crippen molar-refractivity contribution in [3.63, 3.8) is 0 Å². The molecule has 8 heteroatoms. The van der Waals surface area contributed by atoms with Crippen LogP contribution in [0.5, 0.6) is 5.75 Å². The van der Waals surface area contributed by atoms with E-state index in [0.717, 1.165) is 5.56 Å². The summed E-state index contributed by atoms with van der Waals surface area (Å²) < 4.78 is 15.3. The predicted octanol–water partition coefficient (Wildman–Crippen LogP) is -1.03. The number of aliphatic hydroxyl groups is 4. The maximum Gasteiger partial charge on any atom is 0.305 e. The lowest BCUT2D eigenvalue weighted by Gasteiger charge is -2.39. The highest BCUT2D eigenvalue weighted by Crippen LogP contribution is 2.24. The third kappa shape index (κ3) is 4.43. The average Bonchev–Trinajstić information content (AvgIpc) is 2.61. The van der Waals surface area contributed by atoms with Gasteiger partial charge in [-0.05, 0) is 24.1 Å². The highest BCUT2D eigenvalue weighted by molar-refractivity contribution is 5.69. The zero-order chi connectivity index (χ0) is 17.7. The summed E-state index contributed by atoms with van der Waals surface area (Å²) in [4.78, 5) is 11.1. The van der Waals surface area contributed by atoms with Gasteiger partial charge in [-0.2, -0.15) is 0 Å². The zero-order valence-corrected chi connectivity index (χ0v) is 13.2. The van der Waals surface area contributed by atoms with E-state index < -0.39 is 37.3 Å². The smallest absolute Gasteiger partial charge is 0.305 e. The summed E-state index contributed by atoms with van der Waals surface area (Å²) in [6.07, 6.45) is -5.82. The molecule has 0 saturated carbocycles. The zero-order valence-electron chi connectivity index (χ0n) is 13.2. The van der Waals surface area contributed by atoms with Crippen LogP contribution in [0.1, 0.15) is 12.0 Å². The van der Waals surface area contributed by atoms with Crippen LogP contribution in [0.25, 0.3) is 0 Å². The first-order valence-corrected chi connectivity index (χ1v) is 7.59. The minimum atomic E-state index is -1.49. The highest BCUT2D eigenvalue weighted by atomic mass is 16.7. The van der Waals surface area contributed by atoms with Gasteiger partial charge in [0.15, 0.2) is 0 Å². The molecule has 8 nitrogen and oxygen atoms in total. The molecule has 1 aromatic carbocycles. The number of aryl methyl sites for hydroxylation is 1. The monoisotopic (exact) mass is 342 g/mol. The number of carbonyl (C=O) groups is 1. The molecule has 0 aromatic heterocycles. The molecule has 0 bridgehead atoms. The van der Waals surface area contributed by atoms with Crippen LogP contribution in [0.3, 0.4) is 0 Å². The number of carbonyl (C=O) groups excluding carboxylic acids is 1. The van der Waals surface area contributed by atoms with Crippen molar-refractivity contribution in [2.45, 2.75) is 43.5 Å². The van der Waals surface area contributed by atoms with Gasteiger partial charge >= 0.3 is 5.97 Å². The SMILES string of the molecule is COC(=O)CCc1ccc(O[C@@H]2O[C@H](CO)[C@@H](O)[C@H](O)[C@H]2O)cc1. The van der Waals surface area contributed by atoms with E-state index in [-0.39, 0.29) is 12.4 Å². The Labute approximate surface area is 139 Å². The number of hydrogen-bond acceptors (Lipinski definition) is 8. The first kappa shape index (κ1) is 18.6. The van der Waals surface area contributed by atoms with Gasteiger partial charge in [0.2, 0.25) is 6.29 Å². The highest BCUT2D eigenvalue weighted by Gasteiger charge is 2.44. The molecule has 5 atom stereocenters. The first-order valence-electron chi connectivity index (χ1n) is 7.59. The van der Waals surface area contributed by atoms with Crippen molar-refractivity contribution in [2.75, 3.05) is 13.7 Å². The topological polar surface area (TPSA) is 126 Å². The molecule has 1 aliphatic rings. The fourth-order valence-electron chi connectivity index (χ4n) is 2.38. The normalized spacial score (nSPS) is 30.0. The summed E-state index contributed by atoms with van der Waals surface area (Å²) in [5, 5.41) is 38.5. The van der Waals surface area contributed by atoms with Gasteiger partial charge in [0.05, 0.1) is 13.7 Å². The van der Waals surface area contributed by atoms with Gasteiger partial charge < -0.3 is 34.6 Å². The maximum atomic E-state index is 11.1. The van der Waals surface area contributed by atoms with Crippen LogP contribution >= 0.6 is 0 Å². The molecule has 0 unspecified atom stereocenters. The number of rotatable bonds is 6. The Morgan fingerprint density at radius 2 is 1.79 bits per heavy atom. The Bertz CT molecular complexity index is 529. The first-order chi connectivity index (χ1) is 11.5. The molecule has 4 N–H and O–H groups in total. The molecule has 2 rings (SSSR count). The van der Waals surface area contributed by atoms with Crippen molar-refractivity contribution in [1.82, 2.24) is 0 Å². The van der Waals surface area contributed by atoms with Crippen molar-refractivity contribution in [1.29, 1.82) is 0 Å². The van der Waals surface area contributed by atoms with Crippen molar-refractivity contribution in [2.24, 2.45) is 0 Å². The Balaban J connectivity index is 1.96. The summed E-state index contributed by atoms with van der Waals surface area (Å²) in [7, 11) is 1.33. The van der Waals surface area contributed by atoms with Crippen molar-refractivity contribution < 1.29 is 39.4 Å². The van der Waals surface area contributed by atoms with Crippen molar-refractivity contribution in [3.8, 4) is 5.75 Å². The van der Waals surface area contributed by atoms with E-state index in [1.807, 2.05) is 0 Å². The van der Waals surface area contributed by atoms with E-state index in [1.165, 1.54) is 7.11 Å². The standard InChI is InChI=1S/C16H22O8/c1-22-12(18)7-4-9-2-5-10(6-3-9)23-16-15(21)14(20)13(19)11(8-17)24-16/h2-3,5-6,11,13-17,19-21H,4,7-8H2,1H3/t11-,13-,14+,15-,16-/m1/s1. The molecule has 24 heavy (non-hydrogen) atoms. The van der Waals surface area contributed by atoms with E-state index in [1.54, 1.807) is 24.3 Å². The molecular weight excluding hydrogens is 320 g/mol. The van der Waals surface area contributed by atoms with Gasteiger partial charge in [-0.25, -0.2) is 0 Å². The molecule has 0 radical (unpaired) electrons. The molecular formula is C16H22O8. The summed E-state index contributed by atoms with van der Waals surface area (Å²) >= 11 is 0. The van der Waals surface area contributed by atoms with E-state index in [9.17, 15) is 20.1 Å². The van der Waals surface area contributed by atoms with Crippen LogP contribution in [0.4, 0.5) is 0 Å². The second-order valence-electron chi connectivity index (χ2n) is 5.54. The second kappa shape index (κ2) is 8.41. The van der Waals surface area contributed by atoms with Crippen molar-refractivity contribution in [3.05, 3.63) is 29.8 Å². The molecule has 0 spiro atoms. The van der Waals surface area contributed by atoms with Gasteiger partial charge in [0.25, 0.3) is 0 Å². The second-order valence-corrected chi connectivity index (χ2v) is 5.54. The maximum absolute atomic E-state index is 11.1. The summed E-state index contributed by atoms with van der Waals surface area (Å²) in [5.41, 5.74) is 0.904. The lowest BCUT2D eigenvalue weighted by atomic mass is 9.99. The minimum Gasteiger partial charge on any atom is -0.469 e. The predicted molar refractivity (Wildman–Crippen MR) is 81.2 cm³/mol. The fraction of sp³-hybridized carbons (Fsp3) is 0.562. The summed E-state index contributed by atoms with van der Waals surface area (Å²) in [6, 6.07) is 6.77. The lowest BCUT2D eigenvalue weighted by molar-refractivity contribution is -0.277. The largest absolute Gasteiger partial charge is 0.469 e. The van der Waals surface area contributed by atoms with E-state index >= 15 is 0 Å². The van der Waals surface area contributed by atoms with Crippen LogP contribution in [-0.2, 0) is 20.7 Å². The number of benzene rings is 1. The van der Waals surface area contributed by atoms with Gasteiger partial charge in [-0.15, -0.1) is 0 Å². The van der Waals surface area contributed by atoms with Crippen LogP contribution < -0.4 is 4.74 Å². The molecule has 0 aliphatic carbocycles. The molecule has 134 valence electrons. The number of methoxy groups -OCH3 is 1. The minimum absolute atomic E-state index is 0.267. The van der Waals surface area contributed by atoms with Crippen LogP contribution in [0.15, 0.2) is 24.3 Å². The van der Waals surface area contributed by atoms with Crippen LogP contribution in [0, 0.1) is 0 Å². The number of esters is 1. The summed E-state index contributed by atoms with van der Waals surface area (Å²) in [6.45, 7) is -0.517. The third-order valence-corrected chi connectivity index (χ3v) is 3.87. The number of ether oxygens (including phenoxy) is 3. The molecule has 1 saturated heterocycles. The molecule has 1 aliphatic heterocycles. The molecule has 1 heterocycles. The Hall–Kier alpha value is -1.71. The van der Waals surface area contributed by atoms with Crippen LogP contribution in [-0.4, -0.2) is 70.8 Å². The number of hydrogen-bond donors (Lipinski definition) is 4. The van der Waals surface area contributed by atoms with Gasteiger partial charge in [0.1, 0.15) is 30.2 Å². The van der Waals surface area contributed by atoms with Gasteiger partial charge in [-0.3, -0.25) is 4.79 Å². The molecule has 1 fully saturated rings. The Morgan fingerprint density at radius 1 is 1.12 bits per heavy atom. The van der Waals surface area contributed by atoms with E-state index in [4.69, 9.17) is 14.6 Å². The van der Waals surface area contributed by atoms with E-state index in [0.29, 0.717) is 12.2 Å². The Kier molecular flexibility index (Phi) is 6.52. The summed E-state index contributed by atoms with van der Waals surface area (Å²) in [5.74, 6) is 0.0813. The lowest BCUT2D eigenvalue weighted by Crippen LogP contribution is -2.60. The Morgan fingerprint density at radius 3 is 2.38 bits per heavy atom. The quantitative estimate of drug-likeness (QED) is 0.484. The molecule has 0 amide bonds. The fourth-order valence-corrected chi connectivity index (χ4v) is 2.38. The average molecular weight is 342 g/mol. The van der Waals surface area contributed by atoms with Gasteiger partial charge in [0, 0.05) is 6.42 Å². The molecule has 1 aromatic rings. The van der Waals surface area contributed by atoms with Gasteiger partial charge in [-0.1, -0.05) is 12.1 Å². The van der Waals surface area contributed by atoms with Crippen LogP contribution in [0.2, 0.25) is 0 Å². The van der Waals surface area contributed by atoms with E-state index in [2.05, 4.69) is 4.74 Å². The van der Waals surface area contributed by atoms with Crippen molar-refractivity contribution >= 4 is 5.97 Å².